The summed E-state index contributed by atoms with van der Waals surface area (Å²) in [5.74, 6) is -1.22. The van der Waals surface area contributed by atoms with Crippen LogP contribution in [0, 0.1) is 0 Å². The van der Waals surface area contributed by atoms with Gasteiger partial charge in [-0.05, 0) is 48.9 Å². The van der Waals surface area contributed by atoms with Gasteiger partial charge in [0.2, 0.25) is 11.8 Å². The molecule has 0 heterocycles. The molecule has 3 N–H and O–H groups in total. The summed E-state index contributed by atoms with van der Waals surface area (Å²) < 4.78 is 5.23. The van der Waals surface area contributed by atoms with Gasteiger partial charge in [0.15, 0.2) is 0 Å². The summed E-state index contributed by atoms with van der Waals surface area (Å²) in [6.07, 6.45) is 1.03. The molecule has 0 saturated carbocycles. The number of amides is 2. The maximum atomic E-state index is 13.2. The highest BCUT2D eigenvalue weighted by molar-refractivity contribution is 8.00. The van der Waals surface area contributed by atoms with Crippen LogP contribution in [-0.4, -0.2) is 30.0 Å². The summed E-state index contributed by atoms with van der Waals surface area (Å²) in [5, 5.41) is 13.9. The first-order valence-corrected chi connectivity index (χ1v) is 11.2. The smallest absolute Gasteiger partial charge is 0.331 e. The zero-order valence-corrected chi connectivity index (χ0v) is 19.5. The third-order valence-electron chi connectivity index (χ3n) is 4.74. The van der Waals surface area contributed by atoms with Crippen LogP contribution in [0.1, 0.15) is 17.7 Å². The van der Waals surface area contributed by atoms with Crippen molar-refractivity contribution in [1.29, 1.82) is 0 Å². The Balaban J connectivity index is 1.75. The molecule has 1 atom stereocenters. The molecule has 34 heavy (non-hydrogen) atoms. The van der Waals surface area contributed by atoms with E-state index in [9.17, 15) is 14.4 Å². The van der Waals surface area contributed by atoms with Crippen LogP contribution >= 0.6 is 11.8 Å². The number of rotatable bonds is 9. The van der Waals surface area contributed by atoms with Crippen molar-refractivity contribution in [3.63, 3.8) is 0 Å². The minimum atomic E-state index is -1.15. The Hall–Kier alpha value is -4.04. The van der Waals surface area contributed by atoms with E-state index in [-0.39, 0.29) is 11.5 Å². The van der Waals surface area contributed by atoms with Gasteiger partial charge in [0.1, 0.15) is 11.0 Å². The molecule has 2 amide bonds. The number of thioether (sulfide) groups is 1. The van der Waals surface area contributed by atoms with Gasteiger partial charge in [-0.2, -0.15) is 0 Å². The fraction of sp³-hybridized carbons (Fsp3) is 0.115. The lowest BCUT2D eigenvalue weighted by molar-refractivity contribution is -0.132. The molecule has 0 aliphatic rings. The van der Waals surface area contributed by atoms with Gasteiger partial charge in [-0.3, -0.25) is 9.59 Å². The molecule has 3 aromatic rings. The lowest BCUT2D eigenvalue weighted by Gasteiger charge is -2.17. The number of carboxylic acids is 1. The van der Waals surface area contributed by atoms with E-state index in [0.29, 0.717) is 17.1 Å². The molecular formula is C26H24N2O5S. The first-order valence-electron chi connectivity index (χ1n) is 10.3. The number of carbonyl (C=O) groups is 3. The first kappa shape index (κ1) is 24.6. The van der Waals surface area contributed by atoms with E-state index in [1.54, 1.807) is 55.6 Å². The first-order chi connectivity index (χ1) is 16.4. The Bertz CT molecular complexity index is 1190. The summed E-state index contributed by atoms with van der Waals surface area (Å²) in [6, 6.07) is 23.6. The molecule has 3 aromatic carbocycles. The third kappa shape index (κ3) is 6.98. The summed E-state index contributed by atoms with van der Waals surface area (Å²) in [7, 11) is 1.57. The topological polar surface area (TPSA) is 105 Å². The fourth-order valence-electron chi connectivity index (χ4n) is 3.00. The highest BCUT2D eigenvalue weighted by Crippen LogP contribution is 2.37. The minimum Gasteiger partial charge on any atom is -0.497 e. The van der Waals surface area contributed by atoms with Crippen LogP contribution in [0.15, 0.2) is 95.4 Å². The Kier molecular flexibility index (Phi) is 8.48. The second kappa shape index (κ2) is 11.7. The lowest BCUT2D eigenvalue weighted by atomic mass is 10.1. The molecule has 0 radical (unpaired) electrons. The van der Waals surface area contributed by atoms with Gasteiger partial charge >= 0.3 is 5.97 Å². The molecule has 0 unspecified atom stereocenters. The number of anilines is 2. The Labute approximate surface area is 201 Å². The molecular weight excluding hydrogens is 452 g/mol. The van der Waals surface area contributed by atoms with E-state index >= 15 is 0 Å². The zero-order valence-electron chi connectivity index (χ0n) is 18.6. The third-order valence-corrected chi connectivity index (χ3v) is 6.00. The molecule has 3 rings (SSSR count). The normalized spacial score (nSPS) is 11.9. The van der Waals surface area contributed by atoms with Crippen molar-refractivity contribution in [2.45, 2.75) is 17.1 Å². The van der Waals surface area contributed by atoms with Crippen LogP contribution in [0.25, 0.3) is 0 Å². The van der Waals surface area contributed by atoms with Crippen molar-refractivity contribution in [1.82, 2.24) is 0 Å². The summed E-state index contributed by atoms with van der Waals surface area (Å²) in [4.78, 5) is 36.9. The van der Waals surface area contributed by atoms with Crippen molar-refractivity contribution in [2.24, 2.45) is 0 Å². The van der Waals surface area contributed by atoms with Crippen LogP contribution in [0.3, 0.4) is 0 Å². The molecule has 174 valence electrons. The largest absolute Gasteiger partial charge is 0.497 e. The minimum absolute atomic E-state index is 0.0579. The Morgan fingerprint density at radius 1 is 0.912 bits per heavy atom. The number of benzene rings is 3. The number of carbonyl (C=O) groups excluding carboxylic acids is 2. The molecule has 0 bridgehead atoms. The second-order valence-corrected chi connectivity index (χ2v) is 8.45. The lowest BCUT2D eigenvalue weighted by Crippen LogP contribution is -2.19. The number of carboxylic acid groups (broad SMARTS) is 1. The highest BCUT2D eigenvalue weighted by Gasteiger charge is 2.22. The molecule has 0 saturated heterocycles. The number of hydrogen-bond donors (Lipinski definition) is 3. The summed E-state index contributed by atoms with van der Waals surface area (Å²) in [6.45, 7) is 1.35. The van der Waals surface area contributed by atoms with E-state index in [4.69, 9.17) is 9.84 Å². The summed E-state index contributed by atoms with van der Waals surface area (Å²) in [5.41, 5.74) is 1.94. The zero-order chi connectivity index (χ0) is 24.5. The number of ether oxygens (including phenoxy) is 1. The number of nitrogens with one attached hydrogen (secondary N) is 2. The van der Waals surface area contributed by atoms with Gasteiger partial charge in [-0.25, -0.2) is 4.79 Å². The number of aliphatic carboxylic acids is 1. The number of hydrogen-bond acceptors (Lipinski definition) is 5. The van der Waals surface area contributed by atoms with Crippen LogP contribution in [-0.2, 0) is 14.4 Å². The van der Waals surface area contributed by atoms with Gasteiger partial charge in [0.25, 0.3) is 0 Å². The maximum absolute atomic E-state index is 13.2. The van der Waals surface area contributed by atoms with Crippen LogP contribution in [0.2, 0.25) is 0 Å². The van der Waals surface area contributed by atoms with Crippen LogP contribution in [0.5, 0.6) is 5.75 Å². The van der Waals surface area contributed by atoms with Crippen LogP contribution < -0.4 is 15.4 Å². The van der Waals surface area contributed by atoms with E-state index < -0.39 is 17.1 Å². The Morgan fingerprint density at radius 2 is 1.62 bits per heavy atom. The van der Waals surface area contributed by atoms with Crippen LogP contribution in [0.4, 0.5) is 11.4 Å². The van der Waals surface area contributed by atoms with Gasteiger partial charge < -0.3 is 20.5 Å². The molecule has 0 aromatic heterocycles. The van der Waals surface area contributed by atoms with Crippen molar-refractivity contribution in [2.75, 3.05) is 17.7 Å². The summed E-state index contributed by atoms with van der Waals surface area (Å²) >= 11 is 1.38. The van der Waals surface area contributed by atoms with Crippen molar-refractivity contribution >= 4 is 40.9 Å². The molecule has 8 heteroatoms. The average Bonchev–Trinajstić information content (AvgIpc) is 2.84. The molecule has 0 fully saturated rings. The van der Waals surface area contributed by atoms with Crippen molar-refractivity contribution in [3.05, 3.63) is 96.1 Å². The van der Waals surface area contributed by atoms with Gasteiger partial charge in [0.05, 0.1) is 7.11 Å². The number of methoxy groups -OCH3 is 1. The predicted molar refractivity (Wildman–Crippen MR) is 133 cm³/mol. The quantitative estimate of drug-likeness (QED) is 0.292. The Morgan fingerprint density at radius 3 is 2.26 bits per heavy atom. The molecule has 7 nitrogen and oxygen atoms in total. The average molecular weight is 477 g/mol. The molecule has 0 aliphatic carbocycles. The van der Waals surface area contributed by atoms with Gasteiger partial charge in [-0.15, -0.1) is 11.8 Å². The fourth-order valence-corrected chi connectivity index (χ4v) is 4.02. The van der Waals surface area contributed by atoms with E-state index in [2.05, 4.69) is 10.6 Å². The van der Waals surface area contributed by atoms with Gasteiger partial charge in [0, 0.05) is 34.0 Å². The van der Waals surface area contributed by atoms with E-state index in [0.717, 1.165) is 16.5 Å². The maximum Gasteiger partial charge on any atom is 0.331 e. The SMILES string of the molecule is COc1cccc(NC(=O)[C@@H](Sc2ccc(NC(=O)/C=C(\C)C(=O)O)cc2)c2ccccc2)c1. The molecule has 0 aliphatic heterocycles. The second-order valence-electron chi connectivity index (χ2n) is 7.28. The standard InChI is InChI=1S/C26H24N2O5S/c1-17(26(31)32)15-23(29)27-19-11-13-22(14-12-19)34-24(18-7-4-3-5-8-18)25(30)28-20-9-6-10-21(16-20)33-2/h3-16,24H,1-2H3,(H,27,29)(H,28,30)(H,31,32)/b17-15+/t24-/m0/s1. The molecule has 0 spiro atoms. The van der Waals surface area contributed by atoms with E-state index in [1.165, 1.54) is 18.7 Å². The van der Waals surface area contributed by atoms with Gasteiger partial charge in [-0.1, -0.05) is 36.4 Å². The monoisotopic (exact) mass is 476 g/mol. The van der Waals surface area contributed by atoms with E-state index in [1.807, 2.05) is 30.3 Å². The predicted octanol–water partition coefficient (Wildman–Crippen LogP) is 5.14. The van der Waals surface area contributed by atoms with Crippen molar-refractivity contribution < 1.29 is 24.2 Å². The highest BCUT2D eigenvalue weighted by atomic mass is 32.2. The van der Waals surface area contributed by atoms with Crippen molar-refractivity contribution in [3.8, 4) is 5.75 Å².